The van der Waals surface area contributed by atoms with E-state index in [2.05, 4.69) is 5.32 Å². The Balaban J connectivity index is 1.84. The number of esters is 1. The normalized spacial score (nSPS) is 11.7. The van der Waals surface area contributed by atoms with Gasteiger partial charge in [-0.3, -0.25) is 4.79 Å². The van der Waals surface area contributed by atoms with E-state index in [1.807, 2.05) is 0 Å². The van der Waals surface area contributed by atoms with Crippen molar-refractivity contribution in [1.29, 1.82) is 0 Å². The molecule has 0 aliphatic heterocycles. The summed E-state index contributed by atoms with van der Waals surface area (Å²) in [5.74, 6) is -0.539. The van der Waals surface area contributed by atoms with E-state index in [-0.39, 0.29) is 11.4 Å². The highest BCUT2D eigenvalue weighted by Gasteiger charge is 2.20. The van der Waals surface area contributed by atoms with Crippen LogP contribution < -0.4 is 5.32 Å². The van der Waals surface area contributed by atoms with Crippen LogP contribution in [0.2, 0.25) is 0 Å². The quantitative estimate of drug-likeness (QED) is 0.466. The Morgan fingerprint density at radius 2 is 1.83 bits per heavy atom. The van der Waals surface area contributed by atoms with Crippen molar-refractivity contribution in [2.75, 3.05) is 19.7 Å². The summed E-state index contributed by atoms with van der Waals surface area (Å²) in [5.41, 5.74) is 0.628. The average Bonchev–Trinajstić information content (AvgIpc) is 3.24. The van der Waals surface area contributed by atoms with E-state index in [4.69, 9.17) is 9.15 Å². The summed E-state index contributed by atoms with van der Waals surface area (Å²) < 4.78 is 36.2. The van der Waals surface area contributed by atoms with E-state index in [1.54, 1.807) is 38.1 Å². The van der Waals surface area contributed by atoms with Crippen molar-refractivity contribution in [3.8, 4) is 0 Å². The van der Waals surface area contributed by atoms with Gasteiger partial charge in [-0.2, -0.15) is 4.31 Å². The van der Waals surface area contributed by atoms with Crippen molar-refractivity contribution in [3.63, 3.8) is 0 Å². The molecule has 0 aliphatic rings. The van der Waals surface area contributed by atoms with Crippen LogP contribution in [0.1, 0.15) is 25.2 Å². The van der Waals surface area contributed by atoms with Gasteiger partial charge in [0.25, 0.3) is 5.91 Å². The number of carbonyl (C=O) groups excluding carboxylic acids is 2. The number of carbonyl (C=O) groups is 2. The number of amides is 1. The lowest BCUT2D eigenvalue weighted by molar-refractivity contribution is -0.143. The summed E-state index contributed by atoms with van der Waals surface area (Å²) in [6.45, 7) is 4.14. The van der Waals surface area contributed by atoms with Gasteiger partial charge in [0.1, 0.15) is 5.76 Å². The van der Waals surface area contributed by atoms with Gasteiger partial charge in [-0.05, 0) is 35.9 Å². The molecule has 1 N–H and O–H groups in total. The molecule has 0 fully saturated rings. The van der Waals surface area contributed by atoms with E-state index >= 15 is 0 Å². The van der Waals surface area contributed by atoms with Crippen LogP contribution in [0.15, 0.2) is 58.1 Å². The molecular formula is C20H24N2O6S. The molecule has 29 heavy (non-hydrogen) atoms. The number of hydrogen-bond acceptors (Lipinski definition) is 6. The maximum atomic E-state index is 12.4. The van der Waals surface area contributed by atoms with E-state index in [0.29, 0.717) is 24.4 Å². The Hall–Kier alpha value is -2.91. The molecular weight excluding hydrogens is 396 g/mol. The predicted molar refractivity (Wildman–Crippen MR) is 107 cm³/mol. The summed E-state index contributed by atoms with van der Waals surface area (Å²) in [7, 11) is -3.52. The molecule has 9 heteroatoms. The van der Waals surface area contributed by atoms with E-state index in [1.165, 1.54) is 34.9 Å². The van der Waals surface area contributed by atoms with E-state index in [9.17, 15) is 18.0 Å². The number of benzene rings is 1. The van der Waals surface area contributed by atoms with Crippen LogP contribution in [0.3, 0.4) is 0 Å². The van der Waals surface area contributed by atoms with Crippen molar-refractivity contribution in [2.24, 2.45) is 0 Å². The molecule has 156 valence electrons. The molecule has 0 saturated heterocycles. The zero-order valence-electron chi connectivity index (χ0n) is 16.3. The second kappa shape index (κ2) is 10.6. The van der Waals surface area contributed by atoms with Gasteiger partial charge >= 0.3 is 5.97 Å². The summed E-state index contributed by atoms with van der Waals surface area (Å²) in [4.78, 5) is 23.6. The number of rotatable bonds is 10. The Bertz CT molecular complexity index is 930. The fourth-order valence-electron chi connectivity index (χ4n) is 2.46. The maximum Gasteiger partial charge on any atom is 0.331 e. The fraction of sp³-hybridized carbons (Fsp3) is 0.300. The molecule has 2 aromatic rings. The summed E-state index contributed by atoms with van der Waals surface area (Å²) in [6, 6.07) is 9.58. The first kappa shape index (κ1) is 22.4. The third-order valence-corrected chi connectivity index (χ3v) is 6.08. The van der Waals surface area contributed by atoms with E-state index in [0.717, 1.165) is 0 Å². The molecule has 0 spiro atoms. The van der Waals surface area contributed by atoms with Gasteiger partial charge in [0, 0.05) is 19.2 Å². The van der Waals surface area contributed by atoms with Crippen LogP contribution in [0.5, 0.6) is 0 Å². The van der Waals surface area contributed by atoms with Crippen molar-refractivity contribution >= 4 is 28.0 Å². The Morgan fingerprint density at radius 1 is 1.14 bits per heavy atom. The smallest absolute Gasteiger partial charge is 0.331 e. The van der Waals surface area contributed by atoms with E-state index < -0.39 is 28.5 Å². The molecule has 0 radical (unpaired) electrons. The monoisotopic (exact) mass is 420 g/mol. The standard InChI is InChI=1S/C20H24N2O6S/c1-3-22(4-2)29(25,26)18-10-7-16(8-11-18)9-12-20(24)28-15-19(23)21-14-17-6-5-13-27-17/h5-13H,3-4,14-15H2,1-2H3,(H,21,23). The van der Waals surface area contributed by atoms with Crippen LogP contribution in [0, 0.1) is 0 Å². The molecule has 0 bridgehead atoms. The summed E-state index contributed by atoms with van der Waals surface area (Å²) in [5, 5.41) is 2.56. The molecule has 1 aromatic carbocycles. The van der Waals surface area contributed by atoms with Crippen LogP contribution in [-0.2, 0) is 30.9 Å². The minimum atomic E-state index is -3.52. The van der Waals surface area contributed by atoms with Crippen molar-refractivity contribution in [2.45, 2.75) is 25.3 Å². The first-order valence-electron chi connectivity index (χ1n) is 9.11. The Labute approximate surface area is 170 Å². The minimum Gasteiger partial charge on any atom is -0.467 e. The number of nitrogens with zero attached hydrogens (tertiary/aromatic N) is 1. The third-order valence-electron chi connectivity index (χ3n) is 4.02. The van der Waals surface area contributed by atoms with Gasteiger partial charge in [-0.15, -0.1) is 0 Å². The second-order valence-corrected chi connectivity index (χ2v) is 7.89. The highest BCUT2D eigenvalue weighted by Crippen LogP contribution is 2.16. The molecule has 8 nitrogen and oxygen atoms in total. The molecule has 2 rings (SSSR count). The molecule has 0 unspecified atom stereocenters. The number of hydrogen-bond donors (Lipinski definition) is 1. The molecule has 0 atom stereocenters. The number of furan rings is 1. The number of ether oxygens (including phenoxy) is 1. The van der Waals surface area contributed by atoms with Gasteiger partial charge in [0.15, 0.2) is 6.61 Å². The summed E-state index contributed by atoms with van der Waals surface area (Å²) >= 11 is 0. The Morgan fingerprint density at radius 3 is 2.41 bits per heavy atom. The molecule has 0 saturated carbocycles. The van der Waals surface area contributed by atoms with Crippen molar-refractivity contribution < 1.29 is 27.2 Å². The zero-order chi connectivity index (χ0) is 21.3. The molecule has 0 aliphatic carbocycles. The topological polar surface area (TPSA) is 106 Å². The average molecular weight is 420 g/mol. The molecule has 1 amide bonds. The molecule has 1 aromatic heterocycles. The van der Waals surface area contributed by atoms with Gasteiger partial charge in [0.2, 0.25) is 10.0 Å². The van der Waals surface area contributed by atoms with Gasteiger partial charge in [-0.1, -0.05) is 26.0 Å². The molecule has 1 heterocycles. The maximum absolute atomic E-state index is 12.4. The Kier molecular flexibility index (Phi) is 8.17. The van der Waals surface area contributed by atoms with Crippen LogP contribution >= 0.6 is 0 Å². The van der Waals surface area contributed by atoms with Crippen molar-refractivity contribution in [1.82, 2.24) is 9.62 Å². The van der Waals surface area contributed by atoms with Crippen LogP contribution in [0.4, 0.5) is 0 Å². The zero-order valence-corrected chi connectivity index (χ0v) is 17.1. The van der Waals surface area contributed by atoms with Gasteiger partial charge in [-0.25, -0.2) is 13.2 Å². The minimum absolute atomic E-state index is 0.189. The highest BCUT2D eigenvalue weighted by atomic mass is 32.2. The summed E-state index contributed by atoms with van der Waals surface area (Å²) in [6.07, 6.45) is 4.16. The largest absolute Gasteiger partial charge is 0.467 e. The number of nitrogens with one attached hydrogen (secondary N) is 1. The van der Waals surface area contributed by atoms with Crippen LogP contribution in [0.25, 0.3) is 6.08 Å². The highest BCUT2D eigenvalue weighted by molar-refractivity contribution is 7.89. The van der Waals surface area contributed by atoms with Crippen molar-refractivity contribution in [3.05, 3.63) is 60.1 Å². The lowest BCUT2D eigenvalue weighted by Gasteiger charge is -2.18. The first-order chi connectivity index (χ1) is 13.9. The first-order valence-corrected chi connectivity index (χ1v) is 10.5. The van der Waals surface area contributed by atoms with Gasteiger partial charge in [0.05, 0.1) is 17.7 Å². The van der Waals surface area contributed by atoms with Gasteiger partial charge < -0.3 is 14.5 Å². The predicted octanol–water partition coefficient (Wildman–Crippen LogP) is 2.18. The third kappa shape index (κ3) is 6.58. The fourth-order valence-corrected chi connectivity index (χ4v) is 3.92. The lowest BCUT2D eigenvalue weighted by Crippen LogP contribution is -2.30. The second-order valence-electron chi connectivity index (χ2n) is 5.96. The van der Waals surface area contributed by atoms with Crippen LogP contribution in [-0.4, -0.2) is 44.3 Å². The number of sulfonamides is 1. The SMILES string of the molecule is CCN(CC)S(=O)(=O)c1ccc(C=CC(=O)OCC(=O)NCc2ccco2)cc1. The lowest BCUT2D eigenvalue weighted by atomic mass is 10.2.